The molecule has 1 saturated heterocycles. The van der Waals surface area contributed by atoms with Gasteiger partial charge in [0.05, 0.1) is 11.4 Å². The number of likely N-dealkylation sites (tertiary alicyclic amines) is 1. The average Bonchev–Trinajstić information content (AvgIpc) is 3.05. The van der Waals surface area contributed by atoms with Crippen molar-refractivity contribution in [3.8, 4) is 0 Å². The number of sulfone groups is 1. The highest BCUT2D eigenvalue weighted by Gasteiger charge is 2.24. The van der Waals surface area contributed by atoms with Gasteiger partial charge in [-0.3, -0.25) is 9.69 Å². The predicted molar refractivity (Wildman–Crippen MR) is 100 cm³/mol. The lowest BCUT2D eigenvalue weighted by molar-refractivity contribution is -0.117. The SMILES string of the molecule is O=C(CN1CCCCC1)Nc1sccc1S(=O)(=O)c1ccc(Cl)cc1. The number of nitrogens with zero attached hydrogens (tertiary/aromatic N) is 1. The molecule has 1 aromatic carbocycles. The Morgan fingerprint density at radius 2 is 1.80 bits per heavy atom. The summed E-state index contributed by atoms with van der Waals surface area (Å²) in [5.74, 6) is -0.183. The van der Waals surface area contributed by atoms with Gasteiger partial charge in [-0.05, 0) is 61.6 Å². The van der Waals surface area contributed by atoms with Crippen molar-refractivity contribution in [2.24, 2.45) is 0 Å². The van der Waals surface area contributed by atoms with Crippen LogP contribution >= 0.6 is 22.9 Å². The van der Waals surface area contributed by atoms with Gasteiger partial charge in [0.2, 0.25) is 15.7 Å². The highest BCUT2D eigenvalue weighted by molar-refractivity contribution is 7.91. The molecule has 0 saturated carbocycles. The van der Waals surface area contributed by atoms with E-state index in [1.54, 1.807) is 5.38 Å². The third kappa shape index (κ3) is 4.41. The molecular formula is C17H19ClN2O3S2. The Bertz CT molecular complexity index is 841. The first-order chi connectivity index (χ1) is 12.0. The van der Waals surface area contributed by atoms with Crippen LogP contribution in [0, 0.1) is 0 Å². The number of carbonyl (C=O) groups is 1. The van der Waals surface area contributed by atoms with Gasteiger partial charge < -0.3 is 5.32 Å². The van der Waals surface area contributed by atoms with Crippen LogP contribution in [0.5, 0.6) is 0 Å². The van der Waals surface area contributed by atoms with Crippen LogP contribution in [0.3, 0.4) is 0 Å². The van der Waals surface area contributed by atoms with E-state index in [-0.39, 0.29) is 15.7 Å². The van der Waals surface area contributed by atoms with Crippen molar-refractivity contribution in [1.29, 1.82) is 0 Å². The molecule has 0 aliphatic carbocycles. The van der Waals surface area contributed by atoms with Gasteiger partial charge in [-0.15, -0.1) is 11.3 Å². The quantitative estimate of drug-likeness (QED) is 0.834. The number of benzene rings is 1. The van der Waals surface area contributed by atoms with E-state index in [4.69, 9.17) is 11.6 Å². The normalized spacial score (nSPS) is 15.9. The maximum Gasteiger partial charge on any atom is 0.239 e. The maximum absolute atomic E-state index is 12.8. The number of carbonyl (C=O) groups excluding carboxylic acids is 1. The second-order valence-corrected chi connectivity index (χ2v) is 9.23. The molecule has 25 heavy (non-hydrogen) atoms. The Balaban J connectivity index is 1.75. The molecule has 0 atom stereocenters. The lowest BCUT2D eigenvalue weighted by Crippen LogP contribution is -2.36. The largest absolute Gasteiger partial charge is 0.315 e. The van der Waals surface area contributed by atoms with Gasteiger partial charge in [0, 0.05) is 5.02 Å². The Labute approximate surface area is 156 Å². The van der Waals surface area contributed by atoms with Gasteiger partial charge in [-0.25, -0.2) is 8.42 Å². The standard InChI is InChI=1S/C17H19ClN2O3S2/c18-13-4-6-14(7-5-13)25(22,23)15-8-11-24-17(15)19-16(21)12-20-9-2-1-3-10-20/h4-8,11H,1-3,9-10,12H2,(H,19,21). The minimum absolute atomic E-state index is 0.117. The molecular weight excluding hydrogens is 380 g/mol. The number of hydrogen-bond acceptors (Lipinski definition) is 5. The molecule has 0 spiro atoms. The number of halogens is 1. The molecule has 0 unspecified atom stereocenters. The van der Waals surface area contributed by atoms with Crippen molar-refractivity contribution < 1.29 is 13.2 Å². The molecule has 1 N–H and O–H groups in total. The number of hydrogen-bond donors (Lipinski definition) is 1. The summed E-state index contributed by atoms with van der Waals surface area (Å²) in [5, 5.41) is 5.25. The van der Waals surface area contributed by atoms with Crippen molar-refractivity contribution in [2.75, 3.05) is 25.0 Å². The summed E-state index contributed by atoms with van der Waals surface area (Å²) in [5.41, 5.74) is 0. The third-order valence-corrected chi connectivity index (χ3v) is 7.13. The van der Waals surface area contributed by atoms with Gasteiger partial charge in [0.1, 0.15) is 9.90 Å². The van der Waals surface area contributed by atoms with E-state index in [9.17, 15) is 13.2 Å². The number of rotatable bonds is 5. The molecule has 2 heterocycles. The lowest BCUT2D eigenvalue weighted by Gasteiger charge is -2.25. The van der Waals surface area contributed by atoms with Crippen LogP contribution in [0.25, 0.3) is 0 Å². The zero-order chi connectivity index (χ0) is 17.9. The van der Waals surface area contributed by atoms with Crippen LogP contribution in [-0.2, 0) is 14.6 Å². The van der Waals surface area contributed by atoms with Crippen molar-refractivity contribution in [1.82, 2.24) is 4.90 Å². The number of piperidine rings is 1. The summed E-state index contributed by atoms with van der Waals surface area (Å²) in [6, 6.07) is 7.53. The fourth-order valence-corrected chi connectivity index (χ4v) is 5.50. The number of anilines is 1. The van der Waals surface area contributed by atoms with Crippen LogP contribution in [-0.4, -0.2) is 38.9 Å². The summed E-state index contributed by atoms with van der Waals surface area (Å²) in [6.07, 6.45) is 3.40. The molecule has 134 valence electrons. The Kier molecular flexibility index (Phi) is 5.78. The van der Waals surface area contributed by atoms with Gasteiger partial charge in [0.25, 0.3) is 0 Å². The van der Waals surface area contributed by atoms with E-state index in [1.165, 1.54) is 48.1 Å². The third-order valence-electron chi connectivity index (χ3n) is 4.11. The molecule has 5 nitrogen and oxygen atoms in total. The zero-order valence-corrected chi connectivity index (χ0v) is 16.0. The highest BCUT2D eigenvalue weighted by Crippen LogP contribution is 2.32. The molecule has 1 fully saturated rings. The molecule has 2 aromatic rings. The molecule has 3 rings (SSSR count). The Hall–Kier alpha value is -1.41. The first-order valence-corrected chi connectivity index (χ1v) is 10.8. The van der Waals surface area contributed by atoms with Crippen LogP contribution in [0.15, 0.2) is 45.5 Å². The van der Waals surface area contributed by atoms with Crippen molar-refractivity contribution in [3.05, 3.63) is 40.7 Å². The maximum atomic E-state index is 12.8. The van der Waals surface area contributed by atoms with Crippen molar-refractivity contribution in [2.45, 2.75) is 29.1 Å². The Morgan fingerprint density at radius 1 is 1.12 bits per heavy atom. The monoisotopic (exact) mass is 398 g/mol. The average molecular weight is 399 g/mol. The van der Waals surface area contributed by atoms with E-state index in [2.05, 4.69) is 10.2 Å². The minimum Gasteiger partial charge on any atom is -0.315 e. The molecule has 1 amide bonds. The summed E-state index contributed by atoms with van der Waals surface area (Å²) in [6.45, 7) is 2.11. The number of amides is 1. The topological polar surface area (TPSA) is 66.5 Å². The summed E-state index contributed by atoms with van der Waals surface area (Å²) in [7, 11) is -3.70. The van der Waals surface area contributed by atoms with Crippen LogP contribution < -0.4 is 5.32 Å². The molecule has 1 aromatic heterocycles. The fraction of sp³-hybridized carbons (Fsp3) is 0.353. The van der Waals surface area contributed by atoms with Crippen molar-refractivity contribution >= 4 is 43.7 Å². The van der Waals surface area contributed by atoms with Crippen LogP contribution in [0.4, 0.5) is 5.00 Å². The van der Waals surface area contributed by atoms with Crippen LogP contribution in [0.2, 0.25) is 5.02 Å². The van der Waals surface area contributed by atoms with Gasteiger partial charge in [-0.2, -0.15) is 0 Å². The highest BCUT2D eigenvalue weighted by atomic mass is 35.5. The Morgan fingerprint density at radius 3 is 2.48 bits per heavy atom. The first kappa shape index (κ1) is 18.4. The molecule has 1 aliphatic heterocycles. The second kappa shape index (κ2) is 7.86. The van der Waals surface area contributed by atoms with Gasteiger partial charge in [-0.1, -0.05) is 18.0 Å². The minimum atomic E-state index is -3.70. The summed E-state index contributed by atoms with van der Waals surface area (Å²) < 4.78 is 25.6. The predicted octanol–water partition coefficient (Wildman–Crippen LogP) is 3.66. The zero-order valence-electron chi connectivity index (χ0n) is 13.6. The molecule has 1 aliphatic rings. The van der Waals surface area contributed by atoms with E-state index >= 15 is 0 Å². The van der Waals surface area contributed by atoms with E-state index in [0.29, 0.717) is 16.6 Å². The molecule has 0 bridgehead atoms. The molecule has 0 radical (unpaired) electrons. The van der Waals surface area contributed by atoms with E-state index in [1.807, 2.05) is 0 Å². The molecule has 8 heteroatoms. The van der Waals surface area contributed by atoms with Crippen molar-refractivity contribution in [3.63, 3.8) is 0 Å². The first-order valence-electron chi connectivity index (χ1n) is 8.07. The van der Waals surface area contributed by atoms with Gasteiger partial charge in [0.15, 0.2) is 0 Å². The lowest BCUT2D eigenvalue weighted by atomic mass is 10.1. The summed E-state index contributed by atoms with van der Waals surface area (Å²) in [4.78, 5) is 14.6. The van der Waals surface area contributed by atoms with Gasteiger partial charge >= 0.3 is 0 Å². The smallest absolute Gasteiger partial charge is 0.239 e. The number of nitrogens with one attached hydrogen (secondary N) is 1. The number of thiophene rings is 1. The van der Waals surface area contributed by atoms with E-state index in [0.717, 1.165) is 25.9 Å². The summed E-state index contributed by atoms with van der Waals surface area (Å²) >= 11 is 7.03. The van der Waals surface area contributed by atoms with Crippen LogP contribution in [0.1, 0.15) is 19.3 Å². The van der Waals surface area contributed by atoms with E-state index < -0.39 is 9.84 Å². The fourth-order valence-electron chi connectivity index (χ4n) is 2.83. The second-order valence-electron chi connectivity index (χ2n) is 5.96.